The lowest BCUT2D eigenvalue weighted by Gasteiger charge is -2.22. The number of carbonyl (C=O) groups is 1. The molecule has 5 nitrogen and oxygen atoms in total. The van der Waals surface area contributed by atoms with Crippen molar-refractivity contribution in [2.24, 2.45) is 11.1 Å². The Balaban J connectivity index is 2.91. The summed E-state index contributed by atoms with van der Waals surface area (Å²) in [5, 5.41) is 3.55. The number of rotatable bonds is 5. The fourth-order valence-corrected chi connectivity index (χ4v) is 1.44. The number of hydrogen-bond donors (Lipinski definition) is 2. The number of nitrogens with zero attached hydrogens (tertiary/aromatic N) is 2. The van der Waals surface area contributed by atoms with Crippen LogP contribution >= 0.6 is 11.6 Å². The van der Waals surface area contributed by atoms with Crippen LogP contribution in [-0.2, 0) is 11.2 Å². The van der Waals surface area contributed by atoms with Gasteiger partial charge in [-0.1, -0.05) is 18.5 Å². The molecule has 1 aromatic rings. The van der Waals surface area contributed by atoms with Crippen LogP contribution < -0.4 is 11.1 Å². The number of carbonyl (C=O) groups excluding carboxylic acids is 1. The van der Waals surface area contributed by atoms with Crippen LogP contribution in [0.25, 0.3) is 0 Å². The largest absolute Gasteiger partial charge is 0.369 e. The van der Waals surface area contributed by atoms with Crippen LogP contribution in [0.4, 0.5) is 5.82 Å². The third-order valence-corrected chi connectivity index (χ3v) is 3.18. The van der Waals surface area contributed by atoms with E-state index in [2.05, 4.69) is 15.3 Å². The van der Waals surface area contributed by atoms with E-state index in [1.165, 1.54) is 0 Å². The first kappa shape index (κ1) is 14.7. The molecule has 6 heteroatoms. The van der Waals surface area contributed by atoms with Crippen LogP contribution in [0.2, 0.25) is 5.15 Å². The Kier molecular flexibility index (Phi) is 4.51. The zero-order chi connectivity index (χ0) is 13.9. The smallest absolute Gasteiger partial charge is 0.224 e. The van der Waals surface area contributed by atoms with Gasteiger partial charge in [0, 0.05) is 18.5 Å². The lowest BCUT2D eigenvalue weighted by Crippen LogP contribution is -2.37. The van der Waals surface area contributed by atoms with Gasteiger partial charge in [-0.2, -0.15) is 0 Å². The number of aromatic nitrogens is 2. The molecule has 0 unspecified atom stereocenters. The molecule has 0 spiro atoms. The third kappa shape index (κ3) is 3.32. The second-order valence-electron chi connectivity index (χ2n) is 4.86. The van der Waals surface area contributed by atoms with Crippen LogP contribution in [0.5, 0.6) is 0 Å². The van der Waals surface area contributed by atoms with Crippen LogP contribution in [0.15, 0.2) is 0 Å². The van der Waals surface area contributed by atoms with Gasteiger partial charge in [0.25, 0.3) is 0 Å². The highest BCUT2D eigenvalue weighted by atomic mass is 35.5. The first-order valence-corrected chi connectivity index (χ1v) is 6.22. The fraction of sp³-hybridized carbons (Fsp3) is 0.583. The van der Waals surface area contributed by atoms with Crippen molar-refractivity contribution in [3.05, 3.63) is 16.5 Å². The Labute approximate surface area is 112 Å². The van der Waals surface area contributed by atoms with Crippen molar-refractivity contribution in [2.75, 3.05) is 11.9 Å². The molecule has 0 saturated carbocycles. The van der Waals surface area contributed by atoms with Crippen molar-refractivity contribution >= 4 is 23.3 Å². The van der Waals surface area contributed by atoms with Crippen molar-refractivity contribution in [1.82, 2.24) is 9.97 Å². The van der Waals surface area contributed by atoms with Crippen LogP contribution in [-0.4, -0.2) is 22.4 Å². The number of aryl methyl sites for hydroxylation is 1. The highest BCUT2D eigenvalue weighted by molar-refractivity contribution is 6.30. The maximum Gasteiger partial charge on any atom is 0.224 e. The summed E-state index contributed by atoms with van der Waals surface area (Å²) in [5.74, 6) is 0.967. The minimum atomic E-state index is -0.643. The molecule has 0 bridgehead atoms. The van der Waals surface area contributed by atoms with Crippen molar-refractivity contribution in [3.8, 4) is 0 Å². The van der Waals surface area contributed by atoms with Crippen LogP contribution in [0, 0.1) is 12.3 Å². The average molecular weight is 271 g/mol. The summed E-state index contributed by atoms with van der Waals surface area (Å²) in [4.78, 5) is 19.7. The van der Waals surface area contributed by atoms with E-state index in [-0.39, 0.29) is 5.91 Å². The summed E-state index contributed by atoms with van der Waals surface area (Å²) in [6.07, 6.45) is 0.702. The Morgan fingerprint density at radius 3 is 2.56 bits per heavy atom. The van der Waals surface area contributed by atoms with E-state index in [1.807, 2.05) is 13.8 Å². The van der Waals surface area contributed by atoms with Gasteiger partial charge in [0.1, 0.15) is 16.8 Å². The number of primary amides is 1. The maximum atomic E-state index is 11.2. The van der Waals surface area contributed by atoms with E-state index >= 15 is 0 Å². The van der Waals surface area contributed by atoms with E-state index < -0.39 is 5.41 Å². The quantitative estimate of drug-likeness (QED) is 0.801. The summed E-state index contributed by atoms with van der Waals surface area (Å²) in [7, 11) is 0. The molecule has 0 atom stereocenters. The normalized spacial score (nSPS) is 11.4. The van der Waals surface area contributed by atoms with Crippen molar-refractivity contribution in [2.45, 2.75) is 34.1 Å². The van der Waals surface area contributed by atoms with Gasteiger partial charge in [-0.25, -0.2) is 9.97 Å². The SMILES string of the molecule is CCc1nc(Cl)c(C)c(NCC(C)(C)C(N)=O)n1. The molecule has 100 valence electrons. The van der Waals surface area contributed by atoms with Crippen LogP contribution in [0.1, 0.15) is 32.2 Å². The minimum Gasteiger partial charge on any atom is -0.369 e. The molecule has 1 heterocycles. The lowest BCUT2D eigenvalue weighted by atomic mass is 9.93. The molecule has 0 saturated heterocycles. The Hall–Kier alpha value is -1.36. The molecular formula is C12H19ClN4O. The molecular weight excluding hydrogens is 252 g/mol. The number of nitrogens with two attached hydrogens (primary N) is 1. The topological polar surface area (TPSA) is 80.9 Å². The molecule has 0 aliphatic carbocycles. The number of anilines is 1. The van der Waals surface area contributed by atoms with E-state index in [0.717, 1.165) is 5.56 Å². The monoisotopic (exact) mass is 270 g/mol. The van der Waals surface area contributed by atoms with Crippen molar-refractivity contribution < 1.29 is 4.79 Å². The maximum absolute atomic E-state index is 11.2. The molecule has 1 aromatic heterocycles. The highest BCUT2D eigenvalue weighted by Crippen LogP contribution is 2.22. The Morgan fingerprint density at radius 1 is 1.44 bits per heavy atom. The number of nitrogens with one attached hydrogen (secondary N) is 1. The van der Waals surface area contributed by atoms with Gasteiger partial charge in [-0.3, -0.25) is 4.79 Å². The molecule has 3 N–H and O–H groups in total. The van der Waals surface area contributed by atoms with Gasteiger partial charge in [-0.05, 0) is 20.8 Å². The number of hydrogen-bond acceptors (Lipinski definition) is 4. The second kappa shape index (κ2) is 5.52. The van der Waals surface area contributed by atoms with E-state index in [1.54, 1.807) is 13.8 Å². The highest BCUT2D eigenvalue weighted by Gasteiger charge is 2.25. The first-order valence-electron chi connectivity index (χ1n) is 5.84. The van der Waals surface area contributed by atoms with Gasteiger partial charge in [0.15, 0.2) is 0 Å². The van der Waals surface area contributed by atoms with Gasteiger partial charge in [-0.15, -0.1) is 0 Å². The standard InChI is InChI=1S/C12H19ClN4O/c1-5-8-16-9(13)7(2)10(17-8)15-6-12(3,4)11(14)18/h5-6H2,1-4H3,(H2,14,18)(H,15,16,17). The average Bonchev–Trinajstić information content (AvgIpc) is 2.30. The van der Waals surface area contributed by atoms with Gasteiger partial charge < -0.3 is 11.1 Å². The molecule has 0 aromatic carbocycles. The lowest BCUT2D eigenvalue weighted by molar-refractivity contribution is -0.125. The van der Waals surface area contributed by atoms with Crippen molar-refractivity contribution in [1.29, 1.82) is 0 Å². The summed E-state index contributed by atoms with van der Waals surface area (Å²) in [6.45, 7) is 7.75. The Morgan fingerprint density at radius 2 is 2.06 bits per heavy atom. The van der Waals surface area contributed by atoms with E-state index in [0.29, 0.717) is 29.8 Å². The fourth-order valence-electron chi connectivity index (χ4n) is 1.25. The summed E-state index contributed by atoms with van der Waals surface area (Å²) in [6, 6.07) is 0. The molecule has 0 aliphatic heterocycles. The second-order valence-corrected chi connectivity index (χ2v) is 5.22. The summed E-state index contributed by atoms with van der Waals surface area (Å²) < 4.78 is 0. The molecule has 18 heavy (non-hydrogen) atoms. The predicted octanol–water partition coefficient (Wildman–Crippen LogP) is 1.92. The van der Waals surface area contributed by atoms with E-state index in [9.17, 15) is 4.79 Å². The van der Waals surface area contributed by atoms with E-state index in [4.69, 9.17) is 17.3 Å². The molecule has 1 rings (SSSR count). The predicted molar refractivity (Wildman–Crippen MR) is 72.6 cm³/mol. The Bertz CT molecular complexity index is 460. The summed E-state index contributed by atoms with van der Waals surface area (Å²) >= 11 is 6.03. The van der Waals surface area contributed by atoms with Gasteiger partial charge in [0.05, 0.1) is 5.41 Å². The van der Waals surface area contributed by atoms with Gasteiger partial charge in [0.2, 0.25) is 5.91 Å². The molecule has 0 fully saturated rings. The first-order chi connectivity index (χ1) is 8.27. The number of halogens is 1. The zero-order valence-corrected chi connectivity index (χ0v) is 11.9. The molecule has 1 amide bonds. The van der Waals surface area contributed by atoms with Crippen molar-refractivity contribution in [3.63, 3.8) is 0 Å². The third-order valence-electron chi connectivity index (χ3n) is 2.81. The van der Waals surface area contributed by atoms with Crippen LogP contribution in [0.3, 0.4) is 0 Å². The zero-order valence-electron chi connectivity index (χ0n) is 11.2. The minimum absolute atomic E-state index is 0.358. The summed E-state index contributed by atoms with van der Waals surface area (Å²) in [5.41, 5.74) is 5.45. The molecule has 0 aliphatic rings. The number of amides is 1. The van der Waals surface area contributed by atoms with Gasteiger partial charge >= 0.3 is 0 Å². The molecule has 0 radical (unpaired) electrons.